The summed E-state index contributed by atoms with van der Waals surface area (Å²) in [5, 5.41) is 0. The molecule has 0 radical (unpaired) electrons. The normalized spacial score (nSPS) is 37.2. The monoisotopic (exact) mass is 239 g/mol. The zero-order valence-corrected chi connectivity index (χ0v) is 9.51. The molecule has 1 heterocycles. The van der Waals surface area contributed by atoms with Gasteiger partial charge in [-0.05, 0) is 12.5 Å². The highest BCUT2D eigenvalue weighted by Crippen LogP contribution is 2.37. The molecular formula is C11H13NO5. The Morgan fingerprint density at radius 1 is 1.53 bits per heavy atom. The Labute approximate surface area is 98.0 Å². The van der Waals surface area contributed by atoms with Crippen molar-refractivity contribution in [3.63, 3.8) is 0 Å². The highest BCUT2D eigenvalue weighted by Gasteiger charge is 2.50. The molecule has 1 aliphatic carbocycles. The number of esters is 1. The van der Waals surface area contributed by atoms with Crippen molar-refractivity contribution in [3.05, 3.63) is 23.8 Å². The Hall–Kier alpha value is -1.66. The molecular weight excluding hydrogens is 226 g/mol. The van der Waals surface area contributed by atoms with Crippen LogP contribution in [0.4, 0.5) is 0 Å². The maximum absolute atomic E-state index is 11.2. The molecule has 0 aromatic carbocycles. The lowest BCUT2D eigenvalue weighted by Crippen LogP contribution is -2.42. The van der Waals surface area contributed by atoms with Crippen LogP contribution in [0.15, 0.2) is 23.8 Å². The summed E-state index contributed by atoms with van der Waals surface area (Å²) in [4.78, 5) is 22.3. The van der Waals surface area contributed by atoms with Crippen molar-refractivity contribution in [2.24, 2.45) is 5.73 Å². The number of carbonyl (C=O) groups excluding carboxylic acids is 2. The molecule has 2 rings (SSSR count). The molecule has 1 amide bonds. The highest BCUT2D eigenvalue weighted by molar-refractivity contribution is 5.84. The minimum Gasteiger partial charge on any atom is -0.466 e. The number of rotatable bonds is 2. The lowest BCUT2D eigenvalue weighted by molar-refractivity contribution is -0.178. The van der Waals surface area contributed by atoms with E-state index in [1.165, 1.54) is 20.1 Å². The average Bonchev–Trinajstić information content (AvgIpc) is 2.78. The van der Waals surface area contributed by atoms with Gasteiger partial charge in [0.1, 0.15) is 12.2 Å². The van der Waals surface area contributed by atoms with Crippen LogP contribution >= 0.6 is 0 Å². The Balaban J connectivity index is 2.19. The van der Waals surface area contributed by atoms with Gasteiger partial charge in [0.05, 0.1) is 7.11 Å². The Kier molecular flexibility index (Phi) is 2.76. The summed E-state index contributed by atoms with van der Waals surface area (Å²) in [6.07, 6.45) is 3.83. The predicted molar refractivity (Wildman–Crippen MR) is 56.6 cm³/mol. The van der Waals surface area contributed by atoms with E-state index in [1.54, 1.807) is 12.2 Å². The zero-order valence-electron chi connectivity index (χ0n) is 9.51. The summed E-state index contributed by atoms with van der Waals surface area (Å²) in [7, 11) is 1.29. The molecule has 0 aromatic heterocycles. The first-order chi connectivity index (χ1) is 7.96. The van der Waals surface area contributed by atoms with E-state index in [9.17, 15) is 9.59 Å². The number of ether oxygens (including phenoxy) is 3. The van der Waals surface area contributed by atoms with Gasteiger partial charge in [0.25, 0.3) is 5.91 Å². The summed E-state index contributed by atoms with van der Waals surface area (Å²) in [6, 6.07) is 0. The largest absolute Gasteiger partial charge is 0.466 e. The lowest BCUT2D eigenvalue weighted by atomic mass is 10.1. The number of amides is 1. The molecule has 6 heteroatoms. The maximum atomic E-state index is 11.2. The summed E-state index contributed by atoms with van der Waals surface area (Å²) < 4.78 is 15.4. The summed E-state index contributed by atoms with van der Waals surface area (Å²) in [5.41, 5.74) is 5.79. The molecule has 1 saturated heterocycles. The highest BCUT2D eigenvalue weighted by atomic mass is 16.8. The number of methoxy groups -OCH3 is 1. The summed E-state index contributed by atoms with van der Waals surface area (Å²) >= 11 is 0. The third-order valence-electron chi connectivity index (χ3n) is 2.75. The van der Waals surface area contributed by atoms with Crippen LogP contribution in [-0.2, 0) is 23.8 Å². The molecule has 1 fully saturated rings. The summed E-state index contributed by atoms with van der Waals surface area (Å²) in [6.45, 7) is 1.46. The van der Waals surface area contributed by atoms with E-state index in [0.717, 1.165) is 0 Å². The van der Waals surface area contributed by atoms with Gasteiger partial charge < -0.3 is 19.9 Å². The van der Waals surface area contributed by atoms with Gasteiger partial charge >= 0.3 is 5.97 Å². The van der Waals surface area contributed by atoms with Gasteiger partial charge in [-0.1, -0.05) is 12.2 Å². The van der Waals surface area contributed by atoms with Crippen LogP contribution in [0.2, 0.25) is 0 Å². The minimum absolute atomic E-state index is 0.400. The second-order valence-corrected chi connectivity index (χ2v) is 3.96. The first-order valence-corrected chi connectivity index (χ1v) is 5.09. The van der Waals surface area contributed by atoms with Gasteiger partial charge in [-0.2, -0.15) is 0 Å². The Bertz CT molecular complexity index is 428. The van der Waals surface area contributed by atoms with Gasteiger partial charge in [0.2, 0.25) is 5.79 Å². The van der Waals surface area contributed by atoms with E-state index in [-0.39, 0.29) is 0 Å². The second kappa shape index (κ2) is 3.97. The van der Waals surface area contributed by atoms with Crippen LogP contribution in [0.5, 0.6) is 0 Å². The number of primary amides is 1. The topological polar surface area (TPSA) is 87.9 Å². The first-order valence-electron chi connectivity index (χ1n) is 5.09. The van der Waals surface area contributed by atoms with Gasteiger partial charge in [0, 0.05) is 6.08 Å². The van der Waals surface area contributed by atoms with Crippen molar-refractivity contribution < 1.29 is 23.8 Å². The minimum atomic E-state index is -1.45. The van der Waals surface area contributed by atoms with Gasteiger partial charge in [-0.25, -0.2) is 4.79 Å². The van der Waals surface area contributed by atoms with Crippen LogP contribution < -0.4 is 5.73 Å². The fourth-order valence-corrected chi connectivity index (χ4v) is 1.80. The van der Waals surface area contributed by atoms with E-state index in [1.807, 2.05) is 0 Å². The van der Waals surface area contributed by atoms with E-state index < -0.39 is 29.9 Å². The van der Waals surface area contributed by atoms with E-state index >= 15 is 0 Å². The Morgan fingerprint density at radius 2 is 2.24 bits per heavy atom. The van der Waals surface area contributed by atoms with Crippen molar-refractivity contribution in [1.29, 1.82) is 0 Å². The van der Waals surface area contributed by atoms with E-state index in [4.69, 9.17) is 15.2 Å². The molecule has 2 aliphatic rings. The number of nitrogens with two attached hydrogens (primary N) is 1. The van der Waals surface area contributed by atoms with Crippen LogP contribution in [0, 0.1) is 0 Å². The van der Waals surface area contributed by atoms with Crippen molar-refractivity contribution in [2.75, 3.05) is 7.11 Å². The number of hydrogen-bond acceptors (Lipinski definition) is 5. The molecule has 2 N–H and O–H groups in total. The van der Waals surface area contributed by atoms with Gasteiger partial charge in [-0.15, -0.1) is 0 Å². The smallest absolute Gasteiger partial charge is 0.330 e. The van der Waals surface area contributed by atoms with Gasteiger partial charge in [-0.3, -0.25) is 4.79 Å². The molecule has 3 atom stereocenters. The molecule has 0 aromatic rings. The second-order valence-electron chi connectivity index (χ2n) is 3.96. The molecule has 3 unspecified atom stereocenters. The average molecular weight is 239 g/mol. The third kappa shape index (κ3) is 1.96. The SMILES string of the molecule is COC(=O)/C=C1/C=CC2OC(C)(C(N)=O)OC12. The molecule has 92 valence electrons. The number of carbonyl (C=O) groups is 2. The van der Waals surface area contributed by atoms with Crippen molar-refractivity contribution in [1.82, 2.24) is 0 Å². The van der Waals surface area contributed by atoms with Crippen LogP contribution in [-0.4, -0.2) is 37.0 Å². The van der Waals surface area contributed by atoms with E-state index in [0.29, 0.717) is 5.57 Å². The van der Waals surface area contributed by atoms with Crippen molar-refractivity contribution in [3.8, 4) is 0 Å². The Morgan fingerprint density at radius 3 is 2.82 bits per heavy atom. The molecule has 0 saturated carbocycles. The van der Waals surface area contributed by atoms with Crippen molar-refractivity contribution in [2.45, 2.75) is 24.9 Å². The molecule has 6 nitrogen and oxygen atoms in total. The number of hydrogen-bond donors (Lipinski definition) is 1. The zero-order chi connectivity index (χ0) is 12.6. The molecule has 1 aliphatic heterocycles. The third-order valence-corrected chi connectivity index (χ3v) is 2.75. The number of fused-ring (bicyclic) bond motifs is 1. The van der Waals surface area contributed by atoms with Gasteiger partial charge in [0.15, 0.2) is 0 Å². The predicted octanol–water partition coefficient (Wildman–Crippen LogP) is -0.359. The fraction of sp³-hybridized carbons (Fsp3) is 0.455. The van der Waals surface area contributed by atoms with Crippen LogP contribution in [0.3, 0.4) is 0 Å². The fourth-order valence-electron chi connectivity index (χ4n) is 1.80. The standard InChI is InChI=1S/C11H13NO5/c1-11(10(12)14)16-7-4-3-6(9(7)17-11)5-8(13)15-2/h3-5,7,9H,1-2H3,(H2,12,14)/b6-5-. The lowest BCUT2D eigenvalue weighted by Gasteiger charge is -2.19. The van der Waals surface area contributed by atoms with Crippen LogP contribution in [0.1, 0.15) is 6.92 Å². The first kappa shape index (κ1) is 11.8. The molecule has 17 heavy (non-hydrogen) atoms. The molecule has 0 bridgehead atoms. The van der Waals surface area contributed by atoms with E-state index in [2.05, 4.69) is 4.74 Å². The van der Waals surface area contributed by atoms with Crippen molar-refractivity contribution >= 4 is 11.9 Å². The quantitative estimate of drug-likeness (QED) is 0.525. The molecule has 0 spiro atoms. The summed E-state index contributed by atoms with van der Waals surface area (Å²) in [5.74, 6) is -2.63. The maximum Gasteiger partial charge on any atom is 0.330 e. The van der Waals surface area contributed by atoms with Crippen LogP contribution in [0.25, 0.3) is 0 Å².